The first-order chi connectivity index (χ1) is 4.88. The third-order valence-electron chi connectivity index (χ3n) is 1.58. The number of hydrogen-bond donors (Lipinski definition) is 0. The molecule has 0 aromatic carbocycles. The van der Waals surface area contributed by atoms with Gasteiger partial charge in [-0.15, -0.1) is 0 Å². The molecule has 0 saturated heterocycles. The zero-order chi connectivity index (χ0) is 6.97. The molecule has 0 spiro atoms. The standard InChI is InChI=1S/C8H6BrN/c9-7-3-1-2-6-4-5-10-8(6)7/h1-2,4-5H,3H2. The number of fused-ring (bicyclic) bond motifs is 1. The molecule has 1 aliphatic heterocycles. The van der Waals surface area contributed by atoms with Crippen LogP contribution in [0.2, 0.25) is 0 Å². The molecule has 0 bridgehead atoms. The summed E-state index contributed by atoms with van der Waals surface area (Å²) >= 11 is 3.47. The Kier molecular flexibility index (Phi) is 1.34. The summed E-state index contributed by atoms with van der Waals surface area (Å²) in [6.07, 6.45) is 9.07. The minimum Gasteiger partial charge on any atom is -0.255 e. The Morgan fingerprint density at radius 2 is 2.40 bits per heavy atom. The van der Waals surface area contributed by atoms with Gasteiger partial charge in [0.05, 0.1) is 5.70 Å². The van der Waals surface area contributed by atoms with Gasteiger partial charge in [0, 0.05) is 16.3 Å². The van der Waals surface area contributed by atoms with Gasteiger partial charge in [-0.1, -0.05) is 28.1 Å². The van der Waals surface area contributed by atoms with Crippen molar-refractivity contribution in [3.63, 3.8) is 0 Å². The third kappa shape index (κ3) is 0.797. The summed E-state index contributed by atoms with van der Waals surface area (Å²) in [5, 5.41) is 0. The Hall–Kier alpha value is -0.630. The summed E-state index contributed by atoms with van der Waals surface area (Å²) in [7, 11) is 0. The molecule has 0 saturated carbocycles. The van der Waals surface area contributed by atoms with E-state index in [0.29, 0.717) is 0 Å². The second-order valence-corrected chi connectivity index (χ2v) is 3.22. The lowest BCUT2D eigenvalue weighted by Crippen LogP contribution is -1.87. The fourth-order valence-electron chi connectivity index (χ4n) is 1.09. The third-order valence-corrected chi connectivity index (χ3v) is 2.28. The lowest BCUT2D eigenvalue weighted by Gasteiger charge is -2.06. The molecule has 2 aliphatic rings. The average Bonchev–Trinajstić information content (AvgIpc) is 2.36. The molecule has 1 heterocycles. The van der Waals surface area contributed by atoms with Crippen molar-refractivity contribution in [2.24, 2.45) is 4.99 Å². The van der Waals surface area contributed by atoms with Crippen molar-refractivity contribution in [2.75, 3.05) is 0 Å². The fraction of sp³-hybridized carbons (Fsp3) is 0.125. The molecule has 1 nitrogen and oxygen atoms in total. The Morgan fingerprint density at radius 1 is 1.50 bits per heavy atom. The summed E-state index contributed by atoms with van der Waals surface area (Å²) in [5.41, 5.74) is 2.32. The number of nitrogens with zero attached hydrogens (tertiary/aromatic N) is 1. The van der Waals surface area contributed by atoms with Crippen LogP contribution in [0.1, 0.15) is 6.42 Å². The van der Waals surface area contributed by atoms with Crippen molar-refractivity contribution in [3.8, 4) is 0 Å². The molecule has 0 N–H and O–H groups in total. The molecular formula is C8H6BrN. The van der Waals surface area contributed by atoms with Gasteiger partial charge in [0.1, 0.15) is 0 Å². The van der Waals surface area contributed by atoms with Crippen molar-refractivity contribution in [3.05, 3.63) is 34.0 Å². The summed E-state index contributed by atoms with van der Waals surface area (Å²) in [6, 6.07) is 0. The lowest BCUT2D eigenvalue weighted by molar-refractivity contribution is 1.22. The van der Waals surface area contributed by atoms with E-state index in [1.807, 2.05) is 12.3 Å². The van der Waals surface area contributed by atoms with E-state index in [9.17, 15) is 0 Å². The summed E-state index contributed by atoms with van der Waals surface area (Å²) in [6.45, 7) is 0. The largest absolute Gasteiger partial charge is 0.255 e. The first kappa shape index (κ1) is 6.10. The normalized spacial score (nSPS) is 21.5. The van der Waals surface area contributed by atoms with Gasteiger partial charge < -0.3 is 0 Å². The van der Waals surface area contributed by atoms with Gasteiger partial charge in [0.15, 0.2) is 0 Å². The molecule has 0 fully saturated rings. The Morgan fingerprint density at radius 3 is 3.20 bits per heavy atom. The van der Waals surface area contributed by atoms with Crippen LogP contribution in [0.15, 0.2) is 39.0 Å². The molecule has 2 heteroatoms. The summed E-state index contributed by atoms with van der Waals surface area (Å²) < 4.78 is 1.19. The van der Waals surface area contributed by atoms with Crippen LogP contribution in [-0.2, 0) is 0 Å². The van der Waals surface area contributed by atoms with Crippen molar-refractivity contribution in [2.45, 2.75) is 6.42 Å². The van der Waals surface area contributed by atoms with Crippen LogP contribution in [-0.4, -0.2) is 6.21 Å². The maximum absolute atomic E-state index is 4.20. The van der Waals surface area contributed by atoms with Crippen LogP contribution in [0.3, 0.4) is 0 Å². The summed E-state index contributed by atoms with van der Waals surface area (Å²) in [4.78, 5) is 4.20. The summed E-state index contributed by atoms with van der Waals surface area (Å²) in [5.74, 6) is 0. The van der Waals surface area contributed by atoms with E-state index < -0.39 is 0 Å². The molecule has 1 aliphatic carbocycles. The van der Waals surface area contributed by atoms with E-state index in [2.05, 4.69) is 33.1 Å². The highest BCUT2D eigenvalue weighted by Crippen LogP contribution is 2.30. The molecular weight excluding hydrogens is 190 g/mol. The zero-order valence-corrected chi connectivity index (χ0v) is 6.93. The maximum atomic E-state index is 4.20. The number of allylic oxidation sites excluding steroid dienone is 4. The van der Waals surface area contributed by atoms with Gasteiger partial charge in [0.2, 0.25) is 0 Å². The molecule has 0 aromatic heterocycles. The smallest absolute Gasteiger partial charge is 0.0806 e. The zero-order valence-electron chi connectivity index (χ0n) is 5.34. The number of halogens is 1. The Balaban J connectivity index is 2.52. The molecule has 0 unspecified atom stereocenters. The van der Waals surface area contributed by atoms with Gasteiger partial charge in [-0.3, -0.25) is 4.99 Å². The van der Waals surface area contributed by atoms with E-state index >= 15 is 0 Å². The molecule has 2 rings (SSSR count). The number of hydrogen-bond acceptors (Lipinski definition) is 1. The second kappa shape index (κ2) is 2.20. The maximum Gasteiger partial charge on any atom is 0.0806 e. The molecule has 50 valence electrons. The van der Waals surface area contributed by atoms with E-state index in [1.54, 1.807) is 0 Å². The molecule has 10 heavy (non-hydrogen) atoms. The first-order valence-electron chi connectivity index (χ1n) is 3.18. The lowest BCUT2D eigenvalue weighted by atomic mass is 10.1. The predicted octanol–water partition coefficient (Wildman–Crippen LogP) is 2.56. The van der Waals surface area contributed by atoms with E-state index in [0.717, 1.165) is 12.1 Å². The first-order valence-corrected chi connectivity index (χ1v) is 3.97. The van der Waals surface area contributed by atoms with Crippen LogP contribution in [0.4, 0.5) is 0 Å². The number of rotatable bonds is 0. The van der Waals surface area contributed by atoms with Crippen LogP contribution >= 0.6 is 15.9 Å². The van der Waals surface area contributed by atoms with Crippen LogP contribution in [0.25, 0.3) is 0 Å². The van der Waals surface area contributed by atoms with Gasteiger partial charge in [-0.2, -0.15) is 0 Å². The minimum absolute atomic E-state index is 0.976. The van der Waals surface area contributed by atoms with Crippen LogP contribution in [0, 0.1) is 0 Å². The van der Waals surface area contributed by atoms with Gasteiger partial charge in [-0.25, -0.2) is 0 Å². The molecule has 0 radical (unpaired) electrons. The number of aliphatic imine (C=N–C) groups is 1. The molecule has 0 aromatic rings. The predicted molar refractivity (Wildman–Crippen MR) is 46.3 cm³/mol. The Labute approximate surface area is 68.0 Å². The fourth-order valence-corrected chi connectivity index (χ4v) is 1.61. The van der Waals surface area contributed by atoms with Crippen molar-refractivity contribution in [1.82, 2.24) is 0 Å². The van der Waals surface area contributed by atoms with E-state index in [1.165, 1.54) is 10.1 Å². The highest BCUT2D eigenvalue weighted by Gasteiger charge is 2.12. The monoisotopic (exact) mass is 195 g/mol. The van der Waals surface area contributed by atoms with Crippen molar-refractivity contribution < 1.29 is 0 Å². The molecule has 0 atom stereocenters. The van der Waals surface area contributed by atoms with Crippen molar-refractivity contribution >= 4 is 22.1 Å². The quantitative estimate of drug-likeness (QED) is 0.564. The van der Waals surface area contributed by atoms with Crippen LogP contribution in [0.5, 0.6) is 0 Å². The van der Waals surface area contributed by atoms with Gasteiger partial charge >= 0.3 is 0 Å². The highest BCUT2D eigenvalue weighted by atomic mass is 79.9. The Bertz CT molecular complexity index is 282. The van der Waals surface area contributed by atoms with Crippen molar-refractivity contribution in [1.29, 1.82) is 0 Å². The van der Waals surface area contributed by atoms with E-state index in [-0.39, 0.29) is 0 Å². The average molecular weight is 196 g/mol. The second-order valence-electron chi connectivity index (χ2n) is 2.26. The SMILES string of the molecule is BrC1=C2N=CC=C2C=CC1. The topological polar surface area (TPSA) is 12.4 Å². The van der Waals surface area contributed by atoms with E-state index in [4.69, 9.17) is 0 Å². The molecule has 0 amide bonds. The highest BCUT2D eigenvalue weighted by molar-refractivity contribution is 9.11. The van der Waals surface area contributed by atoms with Gasteiger partial charge in [-0.05, 0) is 12.5 Å². The van der Waals surface area contributed by atoms with Gasteiger partial charge in [0.25, 0.3) is 0 Å². The minimum atomic E-state index is 0.976. The van der Waals surface area contributed by atoms with Crippen LogP contribution < -0.4 is 0 Å².